The number of aliphatic hydroxyl groups excluding tert-OH is 1. The summed E-state index contributed by atoms with van der Waals surface area (Å²) in [4.78, 5) is 4.14. The van der Waals surface area contributed by atoms with Crippen molar-refractivity contribution in [1.82, 2.24) is 4.98 Å². The fourth-order valence-corrected chi connectivity index (χ4v) is 2.38. The van der Waals surface area contributed by atoms with Crippen molar-refractivity contribution in [2.45, 2.75) is 38.2 Å². The van der Waals surface area contributed by atoms with Crippen molar-refractivity contribution < 1.29 is 5.11 Å². The van der Waals surface area contributed by atoms with Crippen LogP contribution in [0.15, 0.2) is 18.3 Å². The molecular formula is C12H16ClNO. The number of pyridine rings is 1. The van der Waals surface area contributed by atoms with Gasteiger partial charge in [-0.2, -0.15) is 0 Å². The van der Waals surface area contributed by atoms with Gasteiger partial charge in [-0.1, -0.05) is 37.3 Å². The van der Waals surface area contributed by atoms with Gasteiger partial charge in [0.2, 0.25) is 0 Å². The van der Waals surface area contributed by atoms with Gasteiger partial charge in [-0.25, -0.2) is 0 Å². The highest BCUT2D eigenvalue weighted by molar-refractivity contribution is 6.30. The second kappa shape index (κ2) is 4.95. The lowest BCUT2D eigenvalue weighted by atomic mass is 9.98. The first-order chi connectivity index (χ1) is 7.25. The number of aliphatic hydroxyl groups is 1. The maximum absolute atomic E-state index is 9.97. The SMILES string of the molecule is OC(CC1CCCC1)c1ccc(Cl)cn1. The van der Waals surface area contributed by atoms with E-state index in [4.69, 9.17) is 11.6 Å². The molecule has 1 aromatic rings. The van der Waals surface area contributed by atoms with E-state index >= 15 is 0 Å². The van der Waals surface area contributed by atoms with Crippen LogP contribution in [0.1, 0.15) is 43.9 Å². The summed E-state index contributed by atoms with van der Waals surface area (Å²) in [7, 11) is 0. The molecule has 0 spiro atoms. The minimum absolute atomic E-state index is 0.426. The van der Waals surface area contributed by atoms with E-state index in [0.717, 1.165) is 12.1 Å². The van der Waals surface area contributed by atoms with Gasteiger partial charge < -0.3 is 5.11 Å². The van der Waals surface area contributed by atoms with Crippen molar-refractivity contribution in [3.63, 3.8) is 0 Å². The van der Waals surface area contributed by atoms with Crippen LogP contribution in [-0.4, -0.2) is 10.1 Å². The lowest BCUT2D eigenvalue weighted by molar-refractivity contribution is 0.140. The third-order valence-electron chi connectivity index (χ3n) is 3.12. The maximum atomic E-state index is 9.97. The van der Waals surface area contributed by atoms with Crippen LogP contribution in [0, 0.1) is 5.92 Å². The lowest BCUT2D eigenvalue weighted by Crippen LogP contribution is -2.05. The third-order valence-corrected chi connectivity index (χ3v) is 3.35. The van der Waals surface area contributed by atoms with Gasteiger partial charge in [-0.15, -0.1) is 0 Å². The second-order valence-corrected chi connectivity index (χ2v) is 4.74. The molecule has 1 aliphatic rings. The minimum atomic E-state index is -0.426. The van der Waals surface area contributed by atoms with Crippen LogP contribution in [0.4, 0.5) is 0 Å². The highest BCUT2D eigenvalue weighted by Gasteiger charge is 2.20. The van der Waals surface area contributed by atoms with E-state index in [9.17, 15) is 5.11 Å². The summed E-state index contributed by atoms with van der Waals surface area (Å²) in [5.74, 6) is 0.678. The van der Waals surface area contributed by atoms with Crippen LogP contribution in [-0.2, 0) is 0 Å². The topological polar surface area (TPSA) is 33.1 Å². The van der Waals surface area contributed by atoms with Crippen LogP contribution >= 0.6 is 11.6 Å². The van der Waals surface area contributed by atoms with E-state index in [1.54, 1.807) is 12.3 Å². The quantitative estimate of drug-likeness (QED) is 0.856. The van der Waals surface area contributed by atoms with Crippen molar-refractivity contribution >= 4 is 11.6 Å². The highest BCUT2D eigenvalue weighted by atomic mass is 35.5. The molecule has 0 aliphatic heterocycles. The summed E-state index contributed by atoms with van der Waals surface area (Å²) >= 11 is 5.74. The van der Waals surface area contributed by atoms with Gasteiger partial charge in [-0.3, -0.25) is 4.98 Å². The lowest BCUT2D eigenvalue weighted by Gasteiger charge is -2.14. The van der Waals surface area contributed by atoms with E-state index in [-0.39, 0.29) is 0 Å². The zero-order valence-electron chi connectivity index (χ0n) is 8.69. The molecule has 1 heterocycles. The molecule has 15 heavy (non-hydrogen) atoms. The molecule has 0 saturated heterocycles. The van der Waals surface area contributed by atoms with Gasteiger partial charge in [0.15, 0.2) is 0 Å². The van der Waals surface area contributed by atoms with E-state index in [1.807, 2.05) is 6.07 Å². The molecule has 1 atom stereocenters. The van der Waals surface area contributed by atoms with Crippen LogP contribution in [0.2, 0.25) is 5.02 Å². The van der Waals surface area contributed by atoms with Gasteiger partial charge in [0, 0.05) is 6.20 Å². The van der Waals surface area contributed by atoms with E-state index in [1.165, 1.54) is 25.7 Å². The number of nitrogens with zero attached hydrogens (tertiary/aromatic N) is 1. The largest absolute Gasteiger partial charge is 0.387 e. The van der Waals surface area contributed by atoms with Gasteiger partial charge in [0.25, 0.3) is 0 Å². The Morgan fingerprint density at radius 2 is 2.13 bits per heavy atom. The molecule has 1 aliphatic carbocycles. The number of rotatable bonds is 3. The molecule has 1 saturated carbocycles. The Morgan fingerprint density at radius 3 is 2.73 bits per heavy atom. The number of halogens is 1. The zero-order valence-corrected chi connectivity index (χ0v) is 9.45. The predicted octanol–water partition coefficient (Wildman–Crippen LogP) is 3.35. The van der Waals surface area contributed by atoms with Gasteiger partial charge in [0.05, 0.1) is 16.8 Å². The van der Waals surface area contributed by atoms with Crippen molar-refractivity contribution in [2.24, 2.45) is 5.92 Å². The molecule has 1 N–H and O–H groups in total. The van der Waals surface area contributed by atoms with Crippen molar-refractivity contribution in [3.8, 4) is 0 Å². The number of aromatic nitrogens is 1. The molecule has 2 rings (SSSR count). The maximum Gasteiger partial charge on any atom is 0.0962 e. The Morgan fingerprint density at radius 1 is 1.40 bits per heavy atom. The Balaban J connectivity index is 1.94. The summed E-state index contributed by atoms with van der Waals surface area (Å²) in [6, 6.07) is 3.59. The average Bonchev–Trinajstić information content (AvgIpc) is 2.71. The number of hydrogen-bond donors (Lipinski definition) is 1. The molecule has 0 bridgehead atoms. The summed E-state index contributed by atoms with van der Waals surface area (Å²) in [6.45, 7) is 0. The first-order valence-corrected chi connectivity index (χ1v) is 5.93. The first kappa shape index (κ1) is 10.9. The molecule has 1 fully saturated rings. The smallest absolute Gasteiger partial charge is 0.0962 e. The van der Waals surface area contributed by atoms with Gasteiger partial charge >= 0.3 is 0 Å². The highest BCUT2D eigenvalue weighted by Crippen LogP contribution is 2.32. The molecule has 1 aromatic heterocycles. The summed E-state index contributed by atoms with van der Waals surface area (Å²) < 4.78 is 0. The second-order valence-electron chi connectivity index (χ2n) is 4.30. The molecule has 1 unspecified atom stereocenters. The molecular weight excluding hydrogens is 210 g/mol. The predicted molar refractivity (Wildman–Crippen MR) is 60.8 cm³/mol. The van der Waals surface area contributed by atoms with Crippen LogP contribution < -0.4 is 0 Å². The van der Waals surface area contributed by atoms with Crippen LogP contribution in [0.3, 0.4) is 0 Å². The molecule has 82 valence electrons. The number of hydrogen-bond acceptors (Lipinski definition) is 2. The molecule has 2 nitrogen and oxygen atoms in total. The van der Waals surface area contributed by atoms with Crippen molar-refractivity contribution in [1.29, 1.82) is 0 Å². The standard InChI is InChI=1S/C12H16ClNO/c13-10-5-6-11(14-8-10)12(15)7-9-3-1-2-4-9/h5-6,8-9,12,15H,1-4,7H2. The Kier molecular flexibility index (Phi) is 3.60. The van der Waals surface area contributed by atoms with Crippen molar-refractivity contribution in [3.05, 3.63) is 29.0 Å². The van der Waals surface area contributed by atoms with Gasteiger partial charge in [-0.05, 0) is 24.5 Å². The summed E-state index contributed by atoms with van der Waals surface area (Å²) in [5, 5.41) is 10.6. The van der Waals surface area contributed by atoms with Crippen molar-refractivity contribution in [2.75, 3.05) is 0 Å². The van der Waals surface area contributed by atoms with E-state index in [0.29, 0.717) is 10.9 Å². The zero-order chi connectivity index (χ0) is 10.7. The minimum Gasteiger partial charge on any atom is -0.387 e. The molecule has 3 heteroatoms. The summed E-state index contributed by atoms with van der Waals surface area (Å²) in [6.07, 6.45) is 7.14. The van der Waals surface area contributed by atoms with Crippen LogP contribution in [0.5, 0.6) is 0 Å². The van der Waals surface area contributed by atoms with E-state index in [2.05, 4.69) is 4.98 Å². The normalized spacial score (nSPS) is 19.3. The van der Waals surface area contributed by atoms with Crippen LogP contribution in [0.25, 0.3) is 0 Å². The monoisotopic (exact) mass is 225 g/mol. The molecule has 0 aromatic carbocycles. The summed E-state index contributed by atoms with van der Waals surface area (Å²) in [5.41, 5.74) is 0.742. The Labute approximate surface area is 95.3 Å². The third kappa shape index (κ3) is 2.93. The fourth-order valence-electron chi connectivity index (χ4n) is 2.27. The first-order valence-electron chi connectivity index (χ1n) is 5.55. The average molecular weight is 226 g/mol. The van der Waals surface area contributed by atoms with Gasteiger partial charge in [0.1, 0.15) is 0 Å². The molecule has 0 amide bonds. The fraction of sp³-hybridized carbons (Fsp3) is 0.583. The Bertz CT molecular complexity index is 306. The molecule has 0 radical (unpaired) electrons. The van der Waals surface area contributed by atoms with E-state index < -0.39 is 6.10 Å². The Hall–Kier alpha value is -0.600.